The van der Waals surface area contributed by atoms with Crippen LogP contribution in [0, 0.1) is 5.41 Å². The van der Waals surface area contributed by atoms with Gasteiger partial charge in [-0.3, -0.25) is 0 Å². The molecule has 0 N–H and O–H groups in total. The van der Waals surface area contributed by atoms with Crippen LogP contribution in [0.1, 0.15) is 44.2 Å². The molecule has 2 rings (SSSR count). The molecule has 0 bridgehead atoms. The van der Waals surface area contributed by atoms with Crippen molar-refractivity contribution in [3.05, 3.63) is 29.3 Å². The van der Waals surface area contributed by atoms with Crippen molar-refractivity contribution in [3.63, 3.8) is 0 Å². The van der Waals surface area contributed by atoms with Crippen molar-refractivity contribution in [2.24, 2.45) is 5.41 Å². The second-order valence-electron chi connectivity index (χ2n) is 6.12. The number of nitrogens with zero attached hydrogens (tertiary/aromatic N) is 1. The van der Waals surface area contributed by atoms with E-state index in [0.29, 0.717) is 16.7 Å². The molecule has 1 fully saturated rings. The molecule has 1 nitrogen and oxygen atoms in total. The molecule has 1 heterocycles. The Morgan fingerprint density at radius 2 is 1.86 bits per heavy atom. The summed E-state index contributed by atoms with van der Waals surface area (Å²) in [7, 11) is 0. The molecule has 0 aliphatic carbocycles. The minimum Gasteiger partial charge on any atom is -0.371 e. The van der Waals surface area contributed by atoms with Crippen LogP contribution in [-0.4, -0.2) is 13.1 Å². The SMILES string of the molecule is CCC1(C)CCN(c2ccc(CBr)c(C(F)(F)F)c2)CC1. The van der Waals surface area contributed by atoms with Crippen LogP contribution in [0.25, 0.3) is 0 Å². The lowest BCUT2D eigenvalue weighted by Crippen LogP contribution is -2.38. The number of hydrogen-bond acceptors (Lipinski definition) is 1. The van der Waals surface area contributed by atoms with E-state index in [9.17, 15) is 13.2 Å². The summed E-state index contributed by atoms with van der Waals surface area (Å²) < 4.78 is 39.4. The Balaban J connectivity index is 2.22. The van der Waals surface area contributed by atoms with Gasteiger partial charge < -0.3 is 4.90 Å². The van der Waals surface area contributed by atoms with E-state index < -0.39 is 11.7 Å². The van der Waals surface area contributed by atoms with E-state index in [1.165, 1.54) is 6.07 Å². The zero-order chi connectivity index (χ0) is 15.7. The van der Waals surface area contributed by atoms with Crippen molar-refractivity contribution in [1.29, 1.82) is 0 Å². The van der Waals surface area contributed by atoms with E-state index in [4.69, 9.17) is 0 Å². The minimum atomic E-state index is -4.30. The Bertz CT molecular complexity index is 491. The molecule has 21 heavy (non-hydrogen) atoms. The highest BCUT2D eigenvalue weighted by atomic mass is 79.9. The standard InChI is InChI=1S/C16H21BrF3N/c1-3-15(2)6-8-21(9-7-15)13-5-4-12(11-17)14(10-13)16(18,19)20/h4-5,10H,3,6-9,11H2,1-2H3. The molecule has 0 amide bonds. The van der Waals surface area contributed by atoms with Gasteiger partial charge in [-0.15, -0.1) is 0 Å². The van der Waals surface area contributed by atoms with Crippen molar-refractivity contribution in [2.75, 3.05) is 18.0 Å². The van der Waals surface area contributed by atoms with Crippen molar-refractivity contribution in [2.45, 2.75) is 44.6 Å². The largest absolute Gasteiger partial charge is 0.416 e. The van der Waals surface area contributed by atoms with E-state index in [1.54, 1.807) is 12.1 Å². The first-order valence-corrected chi connectivity index (χ1v) is 8.42. The molecular formula is C16H21BrF3N. The van der Waals surface area contributed by atoms with Crippen LogP contribution in [0.2, 0.25) is 0 Å². The lowest BCUT2D eigenvalue weighted by atomic mass is 9.78. The second kappa shape index (κ2) is 6.19. The third-order valence-corrected chi connectivity index (χ3v) is 5.34. The number of alkyl halides is 4. The average Bonchev–Trinajstić information content (AvgIpc) is 2.46. The van der Waals surface area contributed by atoms with Gasteiger partial charge in [0.25, 0.3) is 0 Å². The lowest BCUT2D eigenvalue weighted by Gasteiger charge is -2.40. The molecule has 0 atom stereocenters. The first-order valence-electron chi connectivity index (χ1n) is 7.30. The van der Waals surface area contributed by atoms with Crippen LogP contribution in [-0.2, 0) is 11.5 Å². The van der Waals surface area contributed by atoms with Crippen LogP contribution in [0.15, 0.2) is 18.2 Å². The molecule has 1 aromatic rings. The summed E-state index contributed by atoms with van der Waals surface area (Å²) in [4.78, 5) is 2.07. The number of halogens is 4. The van der Waals surface area contributed by atoms with Gasteiger partial charge >= 0.3 is 6.18 Å². The van der Waals surface area contributed by atoms with Crippen molar-refractivity contribution in [3.8, 4) is 0 Å². The fraction of sp³-hybridized carbons (Fsp3) is 0.625. The van der Waals surface area contributed by atoms with E-state index >= 15 is 0 Å². The van der Waals surface area contributed by atoms with Gasteiger partial charge in [-0.05, 0) is 36.0 Å². The van der Waals surface area contributed by atoms with E-state index in [2.05, 4.69) is 34.7 Å². The number of hydrogen-bond donors (Lipinski definition) is 0. The highest BCUT2D eigenvalue weighted by Crippen LogP contribution is 2.39. The predicted octanol–water partition coefficient (Wildman–Crippen LogP) is 5.62. The summed E-state index contributed by atoms with van der Waals surface area (Å²) in [6.45, 7) is 6.10. The summed E-state index contributed by atoms with van der Waals surface area (Å²) in [5, 5.41) is 0.218. The lowest BCUT2D eigenvalue weighted by molar-refractivity contribution is -0.138. The second-order valence-corrected chi connectivity index (χ2v) is 6.68. The molecular weight excluding hydrogens is 343 g/mol. The summed E-state index contributed by atoms with van der Waals surface area (Å²) in [6, 6.07) is 4.69. The van der Waals surface area contributed by atoms with Crippen LogP contribution < -0.4 is 4.90 Å². The van der Waals surface area contributed by atoms with Gasteiger partial charge in [-0.25, -0.2) is 0 Å². The molecule has 1 aromatic carbocycles. The highest BCUT2D eigenvalue weighted by molar-refractivity contribution is 9.08. The van der Waals surface area contributed by atoms with Gasteiger partial charge in [0.05, 0.1) is 5.56 Å². The summed E-state index contributed by atoms with van der Waals surface area (Å²) in [5.41, 5.74) is 0.784. The first kappa shape index (κ1) is 16.7. The molecule has 1 aliphatic heterocycles. The van der Waals surface area contributed by atoms with Crippen LogP contribution in [0.4, 0.5) is 18.9 Å². The van der Waals surface area contributed by atoms with Gasteiger partial charge in [0.2, 0.25) is 0 Å². The zero-order valence-electron chi connectivity index (χ0n) is 12.4. The molecule has 0 unspecified atom stereocenters. The minimum absolute atomic E-state index is 0.218. The molecule has 0 aromatic heterocycles. The topological polar surface area (TPSA) is 3.24 Å². The fourth-order valence-corrected chi connectivity index (χ4v) is 3.29. The Kier molecular flexibility index (Phi) is 4.91. The summed E-state index contributed by atoms with van der Waals surface area (Å²) in [6.07, 6.45) is -1.11. The summed E-state index contributed by atoms with van der Waals surface area (Å²) in [5.74, 6) is 0. The molecule has 1 saturated heterocycles. The normalized spacial score (nSPS) is 18.9. The van der Waals surface area contributed by atoms with Crippen LogP contribution >= 0.6 is 15.9 Å². The van der Waals surface area contributed by atoms with Crippen molar-refractivity contribution < 1.29 is 13.2 Å². The van der Waals surface area contributed by atoms with E-state index in [1.807, 2.05) is 0 Å². The van der Waals surface area contributed by atoms with Crippen molar-refractivity contribution in [1.82, 2.24) is 0 Å². The molecule has 118 valence electrons. The number of piperidine rings is 1. The molecule has 0 saturated carbocycles. The molecule has 1 aliphatic rings. The van der Waals surface area contributed by atoms with Crippen molar-refractivity contribution >= 4 is 21.6 Å². The third-order valence-electron chi connectivity index (χ3n) is 4.73. The Morgan fingerprint density at radius 3 is 2.33 bits per heavy atom. The quantitative estimate of drug-likeness (QED) is 0.630. The molecule has 0 radical (unpaired) electrons. The fourth-order valence-electron chi connectivity index (χ4n) is 2.80. The maximum atomic E-state index is 13.1. The predicted molar refractivity (Wildman–Crippen MR) is 83.9 cm³/mol. The molecule has 5 heteroatoms. The van der Waals surface area contributed by atoms with Gasteiger partial charge in [0.1, 0.15) is 0 Å². The third kappa shape index (κ3) is 3.74. The van der Waals surface area contributed by atoms with Gasteiger partial charge in [0.15, 0.2) is 0 Å². The Morgan fingerprint density at radius 1 is 1.24 bits per heavy atom. The Labute approximate surface area is 132 Å². The average molecular weight is 364 g/mol. The van der Waals surface area contributed by atoms with E-state index in [0.717, 1.165) is 32.4 Å². The van der Waals surface area contributed by atoms with E-state index in [-0.39, 0.29) is 5.33 Å². The number of rotatable bonds is 3. The monoisotopic (exact) mass is 363 g/mol. The smallest absolute Gasteiger partial charge is 0.371 e. The summed E-state index contributed by atoms with van der Waals surface area (Å²) >= 11 is 3.13. The maximum Gasteiger partial charge on any atom is 0.416 e. The van der Waals surface area contributed by atoms with Gasteiger partial charge in [-0.1, -0.05) is 42.3 Å². The zero-order valence-corrected chi connectivity index (χ0v) is 14.0. The molecule has 0 spiro atoms. The van der Waals surface area contributed by atoms with Gasteiger partial charge in [-0.2, -0.15) is 13.2 Å². The van der Waals surface area contributed by atoms with Crippen LogP contribution in [0.5, 0.6) is 0 Å². The van der Waals surface area contributed by atoms with Gasteiger partial charge in [0, 0.05) is 24.1 Å². The first-order chi connectivity index (χ1) is 9.79. The van der Waals surface area contributed by atoms with Crippen LogP contribution in [0.3, 0.4) is 0 Å². The Hall–Kier alpha value is -0.710. The highest BCUT2D eigenvalue weighted by Gasteiger charge is 2.34. The maximum absolute atomic E-state index is 13.1. The number of benzene rings is 1. The number of anilines is 1.